The lowest BCUT2D eigenvalue weighted by molar-refractivity contribution is -0.0581. The Morgan fingerprint density at radius 1 is 1.21 bits per heavy atom. The van der Waals surface area contributed by atoms with Crippen molar-refractivity contribution in [1.29, 1.82) is 0 Å². The average Bonchev–Trinajstić information content (AvgIpc) is 3.35. The van der Waals surface area contributed by atoms with E-state index in [0.29, 0.717) is 23.7 Å². The molecule has 0 unspecified atom stereocenters. The highest BCUT2D eigenvalue weighted by Crippen LogP contribution is 2.38. The molecule has 5 rings (SSSR count). The molecule has 1 aromatic heterocycles. The number of nitrogens with zero attached hydrogens (tertiary/aromatic N) is 3. The molecule has 2 saturated heterocycles. The molecule has 3 heterocycles. The van der Waals surface area contributed by atoms with Crippen LogP contribution < -0.4 is 5.32 Å². The number of anilines is 1. The monoisotopic (exact) mass is 328 g/mol. The van der Waals surface area contributed by atoms with E-state index in [2.05, 4.69) is 20.2 Å². The van der Waals surface area contributed by atoms with Gasteiger partial charge in [0.2, 0.25) is 0 Å². The van der Waals surface area contributed by atoms with Gasteiger partial charge in [0.05, 0.1) is 18.2 Å². The summed E-state index contributed by atoms with van der Waals surface area (Å²) in [5.41, 5.74) is 0.639. The largest absolute Gasteiger partial charge is 0.375 e. The molecule has 1 aromatic carbocycles. The predicted molar refractivity (Wildman–Crippen MR) is 89.3 cm³/mol. The van der Waals surface area contributed by atoms with Crippen LogP contribution in [-0.4, -0.2) is 52.8 Å². The summed E-state index contributed by atoms with van der Waals surface area (Å²) in [4.78, 5) is 11.1. The second-order valence-corrected chi connectivity index (χ2v) is 7.28. The second-order valence-electron chi connectivity index (χ2n) is 7.28. The van der Waals surface area contributed by atoms with E-state index >= 15 is 0 Å². The summed E-state index contributed by atoms with van der Waals surface area (Å²) in [6.45, 7) is 2.92. The van der Waals surface area contributed by atoms with Gasteiger partial charge in [0.15, 0.2) is 0 Å². The topological polar surface area (TPSA) is 50.3 Å². The Morgan fingerprint density at radius 3 is 3.00 bits per heavy atom. The molecule has 0 radical (unpaired) electrons. The van der Waals surface area contributed by atoms with E-state index in [9.17, 15) is 4.39 Å². The summed E-state index contributed by atoms with van der Waals surface area (Å²) >= 11 is 0. The van der Waals surface area contributed by atoms with Crippen molar-refractivity contribution in [3.05, 3.63) is 30.3 Å². The van der Waals surface area contributed by atoms with E-state index in [0.717, 1.165) is 43.2 Å². The highest BCUT2D eigenvalue weighted by Gasteiger charge is 2.42. The summed E-state index contributed by atoms with van der Waals surface area (Å²) in [7, 11) is 0. The third-order valence-electron chi connectivity index (χ3n) is 5.53. The Balaban J connectivity index is 1.32. The van der Waals surface area contributed by atoms with Crippen LogP contribution in [0, 0.1) is 11.7 Å². The fourth-order valence-corrected chi connectivity index (χ4v) is 4.10. The minimum atomic E-state index is -0.270. The minimum Gasteiger partial charge on any atom is -0.375 e. The Labute approximate surface area is 140 Å². The van der Waals surface area contributed by atoms with Gasteiger partial charge in [-0.15, -0.1) is 0 Å². The minimum absolute atomic E-state index is 0.270. The number of hydrogen-bond donors (Lipinski definition) is 1. The lowest BCUT2D eigenvalue weighted by Crippen LogP contribution is -2.47. The Kier molecular flexibility index (Phi) is 3.41. The van der Waals surface area contributed by atoms with Crippen molar-refractivity contribution in [2.75, 3.05) is 25.0 Å². The van der Waals surface area contributed by atoms with Gasteiger partial charge in [-0.2, -0.15) is 0 Å². The van der Waals surface area contributed by atoms with Crippen LogP contribution in [0.25, 0.3) is 10.9 Å². The molecule has 0 spiro atoms. The third-order valence-corrected chi connectivity index (χ3v) is 5.53. The number of benzene rings is 1. The summed E-state index contributed by atoms with van der Waals surface area (Å²) < 4.78 is 19.4. The molecule has 6 heteroatoms. The number of hydrogen-bond acceptors (Lipinski definition) is 5. The molecule has 2 aromatic rings. The van der Waals surface area contributed by atoms with Crippen molar-refractivity contribution in [2.24, 2.45) is 5.92 Å². The van der Waals surface area contributed by atoms with Crippen LogP contribution in [-0.2, 0) is 4.74 Å². The van der Waals surface area contributed by atoms with E-state index in [1.54, 1.807) is 6.07 Å². The lowest BCUT2D eigenvalue weighted by Gasteiger charge is -2.35. The first kappa shape index (κ1) is 14.5. The van der Waals surface area contributed by atoms with E-state index < -0.39 is 0 Å². The number of nitrogens with one attached hydrogen (secondary N) is 1. The Hall–Kier alpha value is -1.79. The summed E-state index contributed by atoms with van der Waals surface area (Å²) in [6.07, 6.45) is 5.65. The normalized spacial score (nSPS) is 30.5. The van der Waals surface area contributed by atoms with Gasteiger partial charge < -0.3 is 10.1 Å². The standard InChI is InChI=1S/C18H21FN4O/c19-12-3-4-15-16(5-12)20-10-21-18(15)22-13-6-14-9-24-17(11-1-2-11)8-23(14)7-13/h3-5,10-11,13-14,17H,1-2,6-9H2,(H,20,21,22)/t13-,14-,17-/m0/s1. The molecule has 3 aliphatic rings. The lowest BCUT2D eigenvalue weighted by atomic mass is 10.1. The van der Waals surface area contributed by atoms with Crippen molar-refractivity contribution in [2.45, 2.75) is 37.5 Å². The van der Waals surface area contributed by atoms with Gasteiger partial charge in [-0.1, -0.05) is 0 Å². The van der Waals surface area contributed by atoms with Gasteiger partial charge >= 0.3 is 0 Å². The quantitative estimate of drug-likeness (QED) is 0.938. The van der Waals surface area contributed by atoms with Crippen molar-refractivity contribution in [3.63, 3.8) is 0 Å². The van der Waals surface area contributed by atoms with Crippen LogP contribution in [0.3, 0.4) is 0 Å². The highest BCUT2D eigenvalue weighted by atomic mass is 19.1. The van der Waals surface area contributed by atoms with E-state index in [1.165, 1.54) is 31.3 Å². The van der Waals surface area contributed by atoms with Crippen molar-refractivity contribution in [1.82, 2.24) is 14.9 Å². The van der Waals surface area contributed by atoms with Crippen molar-refractivity contribution in [3.8, 4) is 0 Å². The summed E-state index contributed by atoms with van der Waals surface area (Å²) in [5.74, 6) is 1.32. The molecule has 1 saturated carbocycles. The molecule has 126 valence electrons. The zero-order chi connectivity index (χ0) is 16.1. The highest BCUT2D eigenvalue weighted by molar-refractivity contribution is 5.88. The molecule has 5 nitrogen and oxygen atoms in total. The molecule has 3 atom stereocenters. The van der Waals surface area contributed by atoms with E-state index in [4.69, 9.17) is 4.74 Å². The van der Waals surface area contributed by atoms with Crippen molar-refractivity contribution >= 4 is 16.7 Å². The molecule has 1 aliphatic carbocycles. The second kappa shape index (κ2) is 5.63. The van der Waals surface area contributed by atoms with Crippen LogP contribution in [0.5, 0.6) is 0 Å². The predicted octanol–water partition coefficient (Wildman–Crippen LogP) is 2.43. The number of ether oxygens (including phenoxy) is 1. The smallest absolute Gasteiger partial charge is 0.137 e. The van der Waals surface area contributed by atoms with Crippen molar-refractivity contribution < 1.29 is 9.13 Å². The third kappa shape index (κ3) is 2.63. The number of aromatic nitrogens is 2. The Morgan fingerprint density at radius 2 is 2.12 bits per heavy atom. The molecule has 0 bridgehead atoms. The molecule has 3 fully saturated rings. The number of morpholine rings is 1. The van der Waals surface area contributed by atoms with Gasteiger partial charge in [-0.3, -0.25) is 4.90 Å². The number of rotatable bonds is 3. The Bertz CT molecular complexity index is 766. The van der Waals surface area contributed by atoms with Gasteiger partial charge in [0.1, 0.15) is 18.0 Å². The fraction of sp³-hybridized carbons (Fsp3) is 0.556. The molecule has 1 N–H and O–H groups in total. The van der Waals surface area contributed by atoms with Crippen LogP contribution >= 0.6 is 0 Å². The zero-order valence-electron chi connectivity index (χ0n) is 13.5. The summed E-state index contributed by atoms with van der Waals surface area (Å²) in [6, 6.07) is 5.52. The first-order valence-electron chi connectivity index (χ1n) is 8.79. The van der Waals surface area contributed by atoms with Crippen LogP contribution in [0.1, 0.15) is 19.3 Å². The van der Waals surface area contributed by atoms with Gasteiger partial charge in [0.25, 0.3) is 0 Å². The van der Waals surface area contributed by atoms with Gasteiger partial charge in [-0.05, 0) is 37.3 Å². The van der Waals surface area contributed by atoms with Gasteiger partial charge in [-0.25, -0.2) is 14.4 Å². The first-order chi connectivity index (χ1) is 11.8. The number of fused-ring (bicyclic) bond motifs is 2. The zero-order valence-corrected chi connectivity index (χ0v) is 13.5. The maximum Gasteiger partial charge on any atom is 0.137 e. The molecule has 0 amide bonds. The molecule has 24 heavy (non-hydrogen) atoms. The molecular weight excluding hydrogens is 307 g/mol. The van der Waals surface area contributed by atoms with Crippen LogP contribution in [0.4, 0.5) is 10.2 Å². The van der Waals surface area contributed by atoms with Crippen LogP contribution in [0.15, 0.2) is 24.5 Å². The fourth-order valence-electron chi connectivity index (χ4n) is 4.10. The van der Waals surface area contributed by atoms with Gasteiger partial charge in [0, 0.05) is 36.6 Å². The average molecular weight is 328 g/mol. The maximum absolute atomic E-state index is 13.4. The first-order valence-corrected chi connectivity index (χ1v) is 8.79. The van der Waals surface area contributed by atoms with Crippen LogP contribution in [0.2, 0.25) is 0 Å². The molecular formula is C18H21FN4O. The number of halogens is 1. The van der Waals surface area contributed by atoms with E-state index in [-0.39, 0.29) is 5.82 Å². The SMILES string of the molecule is Fc1ccc2c(N[C@H]3C[C@H]4CO[C@H](C5CC5)CN4C3)ncnc2c1. The molecule has 2 aliphatic heterocycles. The summed E-state index contributed by atoms with van der Waals surface area (Å²) in [5, 5.41) is 4.42. The van der Waals surface area contributed by atoms with E-state index in [1.807, 2.05) is 0 Å². The maximum atomic E-state index is 13.4.